The van der Waals surface area contributed by atoms with Gasteiger partial charge in [0.1, 0.15) is 5.75 Å². The van der Waals surface area contributed by atoms with Crippen LogP contribution in [0.15, 0.2) is 24.3 Å². The molecule has 2 atom stereocenters. The van der Waals surface area contributed by atoms with Gasteiger partial charge in [0.15, 0.2) is 0 Å². The Labute approximate surface area is 109 Å². The summed E-state index contributed by atoms with van der Waals surface area (Å²) in [5.41, 5.74) is 1.34. The third-order valence-corrected chi connectivity index (χ3v) is 3.66. The molecule has 3 nitrogen and oxygen atoms in total. The van der Waals surface area contributed by atoms with E-state index in [1.165, 1.54) is 5.56 Å². The van der Waals surface area contributed by atoms with Crippen LogP contribution in [0.1, 0.15) is 38.9 Å². The third-order valence-electron chi connectivity index (χ3n) is 3.66. The van der Waals surface area contributed by atoms with Crippen LogP contribution in [0, 0.1) is 0 Å². The minimum Gasteiger partial charge on any atom is -0.494 e. The van der Waals surface area contributed by atoms with Gasteiger partial charge in [-0.1, -0.05) is 19.1 Å². The molecule has 100 valence electrons. The number of hydrogen-bond donors (Lipinski definition) is 1. The van der Waals surface area contributed by atoms with Crippen molar-refractivity contribution in [1.29, 1.82) is 0 Å². The standard InChI is InChI=1S/C15H23NO2/c1-4-15(3)11-18-14(10-16-15)12-6-8-13(9-7-12)17-5-2/h6-9,14,16H,4-5,10-11H2,1-3H3. The second kappa shape index (κ2) is 5.72. The van der Waals surface area contributed by atoms with Crippen molar-refractivity contribution < 1.29 is 9.47 Å². The summed E-state index contributed by atoms with van der Waals surface area (Å²) in [6.07, 6.45) is 1.24. The number of benzene rings is 1. The third kappa shape index (κ3) is 3.03. The molecule has 0 aromatic heterocycles. The maximum Gasteiger partial charge on any atom is 0.119 e. The first-order valence-electron chi connectivity index (χ1n) is 6.76. The van der Waals surface area contributed by atoms with Crippen molar-refractivity contribution in [2.75, 3.05) is 19.8 Å². The predicted octanol–water partition coefficient (Wildman–Crippen LogP) is 2.91. The molecule has 0 radical (unpaired) electrons. The number of nitrogens with one attached hydrogen (secondary N) is 1. The topological polar surface area (TPSA) is 30.5 Å². The maximum absolute atomic E-state index is 5.97. The first kappa shape index (κ1) is 13.4. The second-order valence-electron chi connectivity index (χ2n) is 5.10. The number of hydrogen-bond acceptors (Lipinski definition) is 3. The van der Waals surface area contributed by atoms with Gasteiger partial charge in [0.2, 0.25) is 0 Å². The molecule has 0 saturated carbocycles. The van der Waals surface area contributed by atoms with Crippen LogP contribution in [0.5, 0.6) is 5.75 Å². The van der Waals surface area contributed by atoms with Gasteiger partial charge in [-0.2, -0.15) is 0 Å². The number of rotatable bonds is 4. The smallest absolute Gasteiger partial charge is 0.119 e. The Balaban J connectivity index is 1.97. The van der Waals surface area contributed by atoms with Gasteiger partial charge in [0.05, 0.1) is 19.3 Å². The van der Waals surface area contributed by atoms with E-state index in [2.05, 4.69) is 31.3 Å². The first-order chi connectivity index (χ1) is 8.67. The summed E-state index contributed by atoms with van der Waals surface area (Å²) in [5.74, 6) is 0.920. The molecule has 0 spiro atoms. The van der Waals surface area contributed by atoms with Gasteiger partial charge >= 0.3 is 0 Å². The van der Waals surface area contributed by atoms with E-state index in [1.807, 2.05) is 19.1 Å². The van der Waals surface area contributed by atoms with Gasteiger partial charge in [-0.3, -0.25) is 0 Å². The van der Waals surface area contributed by atoms with E-state index < -0.39 is 0 Å². The van der Waals surface area contributed by atoms with Crippen molar-refractivity contribution in [3.05, 3.63) is 29.8 Å². The summed E-state index contributed by atoms with van der Waals surface area (Å²) >= 11 is 0. The monoisotopic (exact) mass is 249 g/mol. The lowest BCUT2D eigenvalue weighted by Gasteiger charge is -2.38. The van der Waals surface area contributed by atoms with Gasteiger partial charge in [-0.05, 0) is 38.0 Å². The summed E-state index contributed by atoms with van der Waals surface area (Å²) in [6, 6.07) is 8.20. The molecular formula is C15H23NO2. The fraction of sp³-hybridized carbons (Fsp3) is 0.600. The van der Waals surface area contributed by atoms with E-state index in [4.69, 9.17) is 9.47 Å². The van der Waals surface area contributed by atoms with Crippen LogP contribution in [0.4, 0.5) is 0 Å². The molecule has 1 aliphatic rings. The number of morpholine rings is 1. The van der Waals surface area contributed by atoms with Crippen molar-refractivity contribution in [1.82, 2.24) is 5.32 Å². The van der Waals surface area contributed by atoms with Gasteiger partial charge in [0.25, 0.3) is 0 Å². The van der Waals surface area contributed by atoms with Crippen LogP contribution >= 0.6 is 0 Å². The number of ether oxygens (including phenoxy) is 2. The molecule has 1 aliphatic heterocycles. The van der Waals surface area contributed by atoms with E-state index in [-0.39, 0.29) is 11.6 Å². The molecular weight excluding hydrogens is 226 g/mol. The van der Waals surface area contributed by atoms with Gasteiger partial charge in [0, 0.05) is 12.1 Å². The minimum absolute atomic E-state index is 0.127. The highest BCUT2D eigenvalue weighted by Crippen LogP contribution is 2.26. The lowest BCUT2D eigenvalue weighted by molar-refractivity contribution is -0.0299. The molecule has 1 aromatic carbocycles. The van der Waals surface area contributed by atoms with Crippen molar-refractivity contribution >= 4 is 0 Å². The van der Waals surface area contributed by atoms with Crippen molar-refractivity contribution in [2.45, 2.75) is 38.8 Å². The lowest BCUT2D eigenvalue weighted by Crippen LogP contribution is -2.52. The quantitative estimate of drug-likeness (QED) is 0.890. The van der Waals surface area contributed by atoms with E-state index in [0.29, 0.717) is 6.61 Å². The van der Waals surface area contributed by atoms with Gasteiger partial charge < -0.3 is 14.8 Å². The van der Waals surface area contributed by atoms with Crippen LogP contribution in [0.3, 0.4) is 0 Å². The Morgan fingerprint density at radius 2 is 2.06 bits per heavy atom. The van der Waals surface area contributed by atoms with Crippen LogP contribution in [0.25, 0.3) is 0 Å². The van der Waals surface area contributed by atoms with E-state index in [0.717, 1.165) is 25.3 Å². The average Bonchev–Trinajstić information content (AvgIpc) is 2.41. The fourth-order valence-corrected chi connectivity index (χ4v) is 2.12. The Hall–Kier alpha value is -1.06. The molecule has 1 fully saturated rings. The van der Waals surface area contributed by atoms with Crippen molar-refractivity contribution in [3.8, 4) is 5.75 Å². The zero-order valence-corrected chi connectivity index (χ0v) is 11.5. The van der Waals surface area contributed by atoms with Gasteiger partial charge in [-0.25, -0.2) is 0 Å². The van der Waals surface area contributed by atoms with Gasteiger partial charge in [-0.15, -0.1) is 0 Å². The van der Waals surface area contributed by atoms with Crippen molar-refractivity contribution in [2.24, 2.45) is 0 Å². The van der Waals surface area contributed by atoms with E-state index >= 15 is 0 Å². The molecule has 2 rings (SSSR count). The summed E-state index contributed by atoms with van der Waals surface area (Å²) in [7, 11) is 0. The summed E-state index contributed by atoms with van der Waals surface area (Å²) in [5, 5.41) is 3.58. The van der Waals surface area contributed by atoms with Crippen LogP contribution in [0.2, 0.25) is 0 Å². The largest absolute Gasteiger partial charge is 0.494 e. The highest BCUT2D eigenvalue weighted by Gasteiger charge is 2.30. The Morgan fingerprint density at radius 3 is 2.56 bits per heavy atom. The summed E-state index contributed by atoms with van der Waals surface area (Å²) in [6.45, 7) is 8.73. The molecule has 1 saturated heterocycles. The zero-order chi connectivity index (χ0) is 13.0. The lowest BCUT2D eigenvalue weighted by atomic mass is 9.96. The van der Waals surface area contributed by atoms with Crippen molar-refractivity contribution in [3.63, 3.8) is 0 Å². The molecule has 18 heavy (non-hydrogen) atoms. The van der Waals surface area contributed by atoms with Crippen LogP contribution in [-0.4, -0.2) is 25.3 Å². The maximum atomic E-state index is 5.97. The fourth-order valence-electron chi connectivity index (χ4n) is 2.12. The SMILES string of the molecule is CCOc1ccc(C2CNC(C)(CC)CO2)cc1. The molecule has 0 aliphatic carbocycles. The summed E-state index contributed by atoms with van der Waals surface area (Å²) in [4.78, 5) is 0. The molecule has 2 unspecified atom stereocenters. The van der Waals surface area contributed by atoms with E-state index in [9.17, 15) is 0 Å². The molecule has 1 aromatic rings. The highest BCUT2D eigenvalue weighted by molar-refractivity contribution is 5.29. The Kier molecular flexibility index (Phi) is 4.25. The molecule has 1 N–H and O–H groups in total. The highest BCUT2D eigenvalue weighted by atomic mass is 16.5. The Bertz CT molecular complexity index is 367. The minimum atomic E-state index is 0.127. The molecule has 1 heterocycles. The molecule has 0 amide bonds. The molecule has 3 heteroatoms. The first-order valence-corrected chi connectivity index (χ1v) is 6.76. The van der Waals surface area contributed by atoms with Crippen LogP contribution in [-0.2, 0) is 4.74 Å². The van der Waals surface area contributed by atoms with E-state index in [1.54, 1.807) is 0 Å². The van der Waals surface area contributed by atoms with Crippen LogP contribution < -0.4 is 10.1 Å². The zero-order valence-electron chi connectivity index (χ0n) is 11.5. The second-order valence-corrected chi connectivity index (χ2v) is 5.10. The predicted molar refractivity (Wildman–Crippen MR) is 73.0 cm³/mol. The molecule has 0 bridgehead atoms. The normalized spacial score (nSPS) is 28.1. The average molecular weight is 249 g/mol. The Morgan fingerprint density at radius 1 is 1.33 bits per heavy atom. The summed E-state index contributed by atoms with van der Waals surface area (Å²) < 4.78 is 11.4.